The molecule has 6 heteroatoms. The van der Waals surface area contributed by atoms with Gasteiger partial charge in [-0.3, -0.25) is 4.79 Å². The Morgan fingerprint density at radius 3 is 2.73 bits per heavy atom. The van der Waals surface area contributed by atoms with E-state index in [-0.39, 0.29) is 23.2 Å². The van der Waals surface area contributed by atoms with Gasteiger partial charge >= 0.3 is 0 Å². The predicted octanol–water partition coefficient (Wildman–Crippen LogP) is 4.09. The van der Waals surface area contributed by atoms with E-state index in [1.165, 1.54) is 12.3 Å². The second kappa shape index (κ2) is 7.65. The summed E-state index contributed by atoms with van der Waals surface area (Å²) in [5.41, 5.74) is 3.21. The van der Waals surface area contributed by atoms with Gasteiger partial charge in [0, 0.05) is 18.1 Å². The topological polar surface area (TPSA) is 84.6 Å². The molecule has 0 radical (unpaired) electrons. The first kappa shape index (κ1) is 20.0. The van der Waals surface area contributed by atoms with Crippen LogP contribution in [0.1, 0.15) is 75.1 Å². The standard InChI is InChI=1S/C24H30O5S/c1-15(16-7-8-16)20-10-9-17-5-4-6-21(17)22(20)12-19(25)14-30(27,28)23-11-18(13-29-23)24(2,3)26/h9-11,13,15-16,26H,4-8,12,14H2,1-3H3/i9D. The van der Waals surface area contributed by atoms with E-state index in [1.807, 2.05) is 6.07 Å². The molecular weight excluding hydrogens is 400 g/mol. The molecule has 1 saturated carbocycles. The zero-order valence-corrected chi connectivity index (χ0v) is 18.6. The number of benzene rings is 1. The maximum Gasteiger partial charge on any atom is 0.218 e. The number of ketones is 1. The van der Waals surface area contributed by atoms with Gasteiger partial charge in [-0.25, -0.2) is 8.42 Å². The van der Waals surface area contributed by atoms with Gasteiger partial charge in [0.1, 0.15) is 5.75 Å². The summed E-state index contributed by atoms with van der Waals surface area (Å²) in [4.78, 5) is 12.9. The van der Waals surface area contributed by atoms with Gasteiger partial charge in [-0.2, -0.15) is 0 Å². The smallest absolute Gasteiger partial charge is 0.218 e. The minimum absolute atomic E-state index is 0.0628. The van der Waals surface area contributed by atoms with Crippen LogP contribution >= 0.6 is 0 Å². The SMILES string of the molecule is [2H]c1cc(C(C)C2CC2)c(CC(=O)CS(=O)(=O)c2cc(C(C)(C)O)co2)c2c1CCC2. The molecule has 30 heavy (non-hydrogen) atoms. The van der Waals surface area contributed by atoms with Crippen molar-refractivity contribution in [1.82, 2.24) is 0 Å². The van der Waals surface area contributed by atoms with Crippen LogP contribution < -0.4 is 0 Å². The molecule has 1 unspecified atom stereocenters. The maximum absolute atomic E-state index is 12.9. The molecule has 1 heterocycles. The fourth-order valence-corrected chi connectivity index (χ4v) is 5.63. The largest absolute Gasteiger partial charge is 0.453 e. The number of sulfone groups is 1. The van der Waals surface area contributed by atoms with Gasteiger partial charge < -0.3 is 9.52 Å². The van der Waals surface area contributed by atoms with E-state index in [0.717, 1.165) is 54.4 Å². The zero-order valence-electron chi connectivity index (χ0n) is 18.8. The first-order valence-electron chi connectivity index (χ1n) is 11.2. The number of hydrogen-bond acceptors (Lipinski definition) is 5. The summed E-state index contributed by atoms with van der Waals surface area (Å²) in [6, 6.07) is 3.75. The van der Waals surface area contributed by atoms with Crippen LogP contribution in [0.3, 0.4) is 0 Å². The first-order valence-corrected chi connectivity index (χ1v) is 12.3. The minimum Gasteiger partial charge on any atom is -0.453 e. The number of carbonyl (C=O) groups is 1. The quantitative estimate of drug-likeness (QED) is 0.680. The second-order valence-electron chi connectivity index (χ2n) is 9.35. The molecule has 2 aliphatic rings. The van der Waals surface area contributed by atoms with Gasteiger partial charge in [0.2, 0.25) is 14.9 Å². The lowest BCUT2D eigenvalue weighted by Gasteiger charge is -2.19. The van der Waals surface area contributed by atoms with Crippen LogP contribution in [-0.2, 0) is 39.5 Å². The van der Waals surface area contributed by atoms with Crippen LogP contribution in [-0.4, -0.2) is 25.1 Å². The minimum atomic E-state index is -3.94. The molecule has 1 aromatic carbocycles. The van der Waals surface area contributed by atoms with Gasteiger partial charge in [-0.05, 0) is 80.0 Å². The highest BCUT2D eigenvalue weighted by molar-refractivity contribution is 7.92. The van der Waals surface area contributed by atoms with Crippen LogP contribution in [0.5, 0.6) is 0 Å². The maximum atomic E-state index is 12.9. The second-order valence-corrected chi connectivity index (χ2v) is 11.3. The molecule has 0 amide bonds. The van der Waals surface area contributed by atoms with Gasteiger partial charge in [0.15, 0.2) is 5.78 Å². The third-order valence-corrected chi connectivity index (χ3v) is 7.99. The molecule has 2 aromatic rings. The third kappa shape index (κ3) is 4.26. The highest BCUT2D eigenvalue weighted by Gasteiger charge is 2.33. The number of Topliss-reactive ketones (excluding diaryl/α,β-unsaturated/α-hetero) is 1. The fraction of sp³-hybridized carbons (Fsp3) is 0.542. The average molecular weight is 432 g/mol. The van der Waals surface area contributed by atoms with Crippen molar-refractivity contribution in [2.75, 3.05) is 5.75 Å². The predicted molar refractivity (Wildman–Crippen MR) is 114 cm³/mol. The Hall–Kier alpha value is -1.92. The van der Waals surface area contributed by atoms with Crippen molar-refractivity contribution < 1.29 is 24.1 Å². The van der Waals surface area contributed by atoms with Crippen LogP contribution in [0.25, 0.3) is 0 Å². The molecule has 4 rings (SSSR count). The molecule has 5 nitrogen and oxygen atoms in total. The number of furan rings is 1. The average Bonchev–Trinajstić information content (AvgIpc) is 3.17. The molecule has 0 saturated heterocycles. The van der Waals surface area contributed by atoms with Crippen LogP contribution in [0.15, 0.2) is 33.9 Å². The molecule has 1 aromatic heterocycles. The molecular formula is C24H30O5S. The van der Waals surface area contributed by atoms with E-state index >= 15 is 0 Å². The van der Waals surface area contributed by atoms with E-state index < -0.39 is 21.2 Å². The lowest BCUT2D eigenvalue weighted by molar-refractivity contribution is -0.116. The molecule has 0 aliphatic heterocycles. The highest BCUT2D eigenvalue weighted by atomic mass is 32.2. The first-order chi connectivity index (χ1) is 14.5. The summed E-state index contributed by atoms with van der Waals surface area (Å²) in [6.45, 7) is 5.23. The highest BCUT2D eigenvalue weighted by Crippen LogP contribution is 2.44. The van der Waals surface area contributed by atoms with Crippen LogP contribution in [0.2, 0.25) is 0 Å². The summed E-state index contributed by atoms with van der Waals surface area (Å²) in [5, 5.41) is 9.76. The Morgan fingerprint density at radius 1 is 1.37 bits per heavy atom. The van der Waals surface area contributed by atoms with Gasteiger partial charge in [0.25, 0.3) is 0 Å². The van der Waals surface area contributed by atoms with Crippen LogP contribution in [0.4, 0.5) is 0 Å². The summed E-state index contributed by atoms with van der Waals surface area (Å²) < 4.78 is 39.1. The summed E-state index contributed by atoms with van der Waals surface area (Å²) in [6.07, 6.45) is 6.26. The molecule has 0 spiro atoms. The summed E-state index contributed by atoms with van der Waals surface area (Å²) in [7, 11) is -3.94. The van der Waals surface area contributed by atoms with E-state index in [2.05, 4.69) is 6.92 Å². The summed E-state index contributed by atoms with van der Waals surface area (Å²) >= 11 is 0. The van der Waals surface area contributed by atoms with Crippen LogP contribution in [0, 0.1) is 5.92 Å². The van der Waals surface area contributed by atoms with Crippen molar-refractivity contribution in [1.29, 1.82) is 0 Å². The van der Waals surface area contributed by atoms with Gasteiger partial charge in [-0.15, -0.1) is 0 Å². The Balaban J connectivity index is 1.60. The van der Waals surface area contributed by atoms with Crippen molar-refractivity contribution in [2.45, 2.75) is 75.9 Å². The monoisotopic (exact) mass is 431 g/mol. The van der Waals surface area contributed by atoms with Crippen molar-refractivity contribution >= 4 is 15.6 Å². The molecule has 1 N–H and O–H groups in total. The van der Waals surface area contributed by atoms with Crippen molar-refractivity contribution in [3.8, 4) is 0 Å². The lowest BCUT2D eigenvalue weighted by atomic mass is 9.86. The number of fused-ring (bicyclic) bond motifs is 1. The van der Waals surface area contributed by atoms with Gasteiger partial charge in [-0.1, -0.05) is 19.0 Å². The number of rotatable bonds is 8. The Bertz CT molecular complexity index is 1120. The number of hydrogen-bond donors (Lipinski definition) is 1. The molecule has 1 atom stereocenters. The normalized spacial score (nSPS) is 18.2. The van der Waals surface area contributed by atoms with E-state index in [4.69, 9.17) is 5.79 Å². The lowest BCUT2D eigenvalue weighted by Crippen LogP contribution is -2.20. The summed E-state index contributed by atoms with van der Waals surface area (Å²) in [5.74, 6) is -0.161. The number of carbonyl (C=O) groups excluding carboxylic acids is 1. The van der Waals surface area contributed by atoms with Crippen molar-refractivity contribution in [3.05, 3.63) is 52.3 Å². The van der Waals surface area contributed by atoms with E-state index in [0.29, 0.717) is 17.5 Å². The Labute approximate surface area is 179 Å². The Morgan fingerprint density at radius 2 is 2.10 bits per heavy atom. The van der Waals surface area contributed by atoms with E-state index in [9.17, 15) is 18.3 Å². The van der Waals surface area contributed by atoms with Crippen molar-refractivity contribution in [3.63, 3.8) is 0 Å². The number of aliphatic hydroxyl groups is 1. The molecule has 0 bridgehead atoms. The molecule has 2 aliphatic carbocycles. The van der Waals surface area contributed by atoms with Crippen molar-refractivity contribution in [2.24, 2.45) is 5.92 Å². The fourth-order valence-electron chi connectivity index (χ4n) is 4.46. The Kier molecular flexibility index (Phi) is 5.10. The molecule has 162 valence electrons. The third-order valence-electron chi connectivity index (χ3n) is 6.47. The molecule has 1 fully saturated rings. The van der Waals surface area contributed by atoms with Gasteiger partial charge in [0.05, 0.1) is 13.2 Å². The van der Waals surface area contributed by atoms with E-state index in [1.54, 1.807) is 13.8 Å². The zero-order chi connectivity index (χ0) is 22.6.